The van der Waals surface area contributed by atoms with E-state index in [-0.39, 0.29) is 5.82 Å². The molecular weight excluding hydrogens is 311 g/mol. The van der Waals surface area contributed by atoms with Gasteiger partial charge in [-0.2, -0.15) is 0 Å². The van der Waals surface area contributed by atoms with Crippen LogP contribution < -0.4 is 0 Å². The zero-order chi connectivity index (χ0) is 17.6. The number of furan rings is 1. The predicted molar refractivity (Wildman–Crippen MR) is 103 cm³/mol. The zero-order valence-electron chi connectivity index (χ0n) is 15.3. The van der Waals surface area contributed by atoms with Gasteiger partial charge in [0, 0.05) is 17.4 Å². The molecule has 1 nitrogen and oxygen atoms in total. The van der Waals surface area contributed by atoms with Crippen molar-refractivity contribution in [3.63, 3.8) is 0 Å². The minimum Gasteiger partial charge on any atom is -0.464 e. The maximum absolute atomic E-state index is 14.2. The third-order valence-corrected chi connectivity index (χ3v) is 4.93. The number of benzene rings is 2. The molecule has 1 heterocycles. The third kappa shape index (κ3) is 4.12. The lowest BCUT2D eigenvalue weighted by Gasteiger charge is -2.15. The van der Waals surface area contributed by atoms with E-state index in [0.29, 0.717) is 0 Å². The van der Waals surface area contributed by atoms with E-state index in [4.69, 9.17) is 4.42 Å². The highest BCUT2D eigenvalue weighted by atomic mass is 19.1. The molecule has 3 aromatic rings. The van der Waals surface area contributed by atoms with Crippen molar-refractivity contribution in [1.82, 2.24) is 0 Å². The topological polar surface area (TPSA) is 13.1 Å². The highest BCUT2D eigenvalue weighted by molar-refractivity contribution is 5.81. The number of rotatable bonds is 8. The Balaban J connectivity index is 2.01. The molecule has 0 aliphatic heterocycles. The van der Waals surface area contributed by atoms with Gasteiger partial charge in [-0.3, -0.25) is 0 Å². The van der Waals surface area contributed by atoms with Gasteiger partial charge in [0.1, 0.15) is 11.4 Å². The summed E-state index contributed by atoms with van der Waals surface area (Å²) in [5.74, 6) is -0.0991. The number of para-hydroxylation sites is 1. The Hall–Kier alpha value is -2.09. The quantitative estimate of drug-likeness (QED) is 0.438. The molecule has 132 valence electrons. The van der Waals surface area contributed by atoms with Crippen molar-refractivity contribution in [3.05, 3.63) is 70.7 Å². The first kappa shape index (κ1) is 17.7. The Bertz CT molecular complexity index is 802. The summed E-state index contributed by atoms with van der Waals surface area (Å²) in [6.07, 6.45) is 8.99. The normalized spacial score (nSPS) is 11.3. The van der Waals surface area contributed by atoms with E-state index in [1.807, 2.05) is 24.5 Å². The van der Waals surface area contributed by atoms with E-state index < -0.39 is 0 Å². The molecular formula is C23H27FO. The molecule has 3 rings (SSSR count). The van der Waals surface area contributed by atoms with Crippen molar-refractivity contribution in [1.29, 1.82) is 0 Å². The van der Waals surface area contributed by atoms with Gasteiger partial charge < -0.3 is 4.42 Å². The van der Waals surface area contributed by atoms with Crippen LogP contribution in [0.25, 0.3) is 11.0 Å². The molecule has 2 heteroatoms. The highest BCUT2D eigenvalue weighted by Gasteiger charge is 2.14. The molecule has 0 bridgehead atoms. The maximum Gasteiger partial charge on any atom is 0.134 e. The van der Waals surface area contributed by atoms with Crippen LogP contribution in [-0.2, 0) is 19.3 Å². The molecule has 0 spiro atoms. The minimum absolute atomic E-state index is 0.0991. The van der Waals surface area contributed by atoms with Gasteiger partial charge in [0.15, 0.2) is 0 Å². The highest BCUT2D eigenvalue weighted by Crippen LogP contribution is 2.28. The van der Waals surface area contributed by atoms with Crippen LogP contribution in [0.15, 0.2) is 47.1 Å². The van der Waals surface area contributed by atoms with E-state index in [2.05, 4.69) is 19.9 Å². The largest absolute Gasteiger partial charge is 0.464 e. The number of aryl methyl sites for hydroxylation is 2. The Morgan fingerprint density at radius 2 is 1.52 bits per heavy atom. The third-order valence-electron chi connectivity index (χ3n) is 4.93. The average molecular weight is 338 g/mol. The Kier molecular flexibility index (Phi) is 5.91. The predicted octanol–water partition coefficient (Wildman–Crippen LogP) is 6.85. The van der Waals surface area contributed by atoms with Crippen LogP contribution in [0.4, 0.5) is 4.39 Å². The van der Waals surface area contributed by atoms with Crippen LogP contribution >= 0.6 is 0 Å². The fourth-order valence-electron chi connectivity index (χ4n) is 3.52. The molecule has 0 aliphatic rings. The van der Waals surface area contributed by atoms with Gasteiger partial charge in [-0.15, -0.1) is 0 Å². The summed E-state index contributed by atoms with van der Waals surface area (Å²) < 4.78 is 19.9. The van der Waals surface area contributed by atoms with Crippen molar-refractivity contribution in [2.24, 2.45) is 0 Å². The molecule has 0 atom stereocenters. The molecule has 2 aromatic carbocycles. The molecule has 0 unspecified atom stereocenters. The zero-order valence-corrected chi connectivity index (χ0v) is 15.3. The van der Waals surface area contributed by atoms with Gasteiger partial charge in [0.2, 0.25) is 0 Å². The molecule has 0 aliphatic carbocycles. The standard InChI is InChI=1S/C23H27FO/c1-3-5-9-17-13-20(24)14-18(10-6-4-2)22(17)15-19-16-25-23-12-8-7-11-21(19)23/h7-8,11-14,16H,3-6,9-10,15H2,1-2H3. The smallest absolute Gasteiger partial charge is 0.134 e. The van der Waals surface area contributed by atoms with E-state index in [1.54, 1.807) is 12.1 Å². The van der Waals surface area contributed by atoms with Crippen molar-refractivity contribution in [2.45, 2.75) is 58.8 Å². The summed E-state index contributed by atoms with van der Waals surface area (Å²) in [7, 11) is 0. The molecule has 0 radical (unpaired) electrons. The van der Waals surface area contributed by atoms with E-state index in [0.717, 1.165) is 55.9 Å². The van der Waals surface area contributed by atoms with Crippen LogP contribution in [0.5, 0.6) is 0 Å². The second-order valence-electron chi connectivity index (χ2n) is 6.84. The summed E-state index contributed by atoms with van der Waals surface area (Å²) >= 11 is 0. The molecule has 25 heavy (non-hydrogen) atoms. The van der Waals surface area contributed by atoms with E-state index in [1.165, 1.54) is 22.3 Å². The average Bonchev–Trinajstić information content (AvgIpc) is 3.03. The van der Waals surface area contributed by atoms with E-state index >= 15 is 0 Å². The molecule has 0 saturated carbocycles. The Morgan fingerprint density at radius 1 is 0.880 bits per heavy atom. The number of fused-ring (bicyclic) bond motifs is 1. The first-order valence-electron chi connectivity index (χ1n) is 9.48. The second-order valence-corrected chi connectivity index (χ2v) is 6.84. The number of unbranched alkanes of at least 4 members (excludes halogenated alkanes) is 2. The lowest BCUT2D eigenvalue weighted by molar-refractivity contribution is 0.610. The SMILES string of the molecule is CCCCc1cc(F)cc(CCCC)c1Cc1coc2ccccc12. The first-order chi connectivity index (χ1) is 12.2. The van der Waals surface area contributed by atoms with Crippen LogP contribution in [0.1, 0.15) is 61.8 Å². The Labute approximate surface area is 149 Å². The Morgan fingerprint density at radius 3 is 2.16 bits per heavy atom. The first-order valence-corrected chi connectivity index (χ1v) is 9.48. The molecule has 0 fully saturated rings. The fraction of sp³-hybridized carbons (Fsp3) is 0.391. The van der Waals surface area contributed by atoms with Crippen LogP contribution in [0.3, 0.4) is 0 Å². The van der Waals surface area contributed by atoms with Gasteiger partial charge in [0.25, 0.3) is 0 Å². The number of halogens is 1. The molecule has 1 aromatic heterocycles. The number of hydrogen-bond acceptors (Lipinski definition) is 1. The summed E-state index contributed by atoms with van der Waals surface area (Å²) in [5, 5.41) is 1.16. The molecule has 0 amide bonds. The minimum atomic E-state index is -0.0991. The lowest BCUT2D eigenvalue weighted by atomic mass is 9.90. The van der Waals surface area contributed by atoms with Crippen molar-refractivity contribution >= 4 is 11.0 Å². The van der Waals surface area contributed by atoms with Gasteiger partial charge >= 0.3 is 0 Å². The monoisotopic (exact) mass is 338 g/mol. The van der Waals surface area contributed by atoms with Gasteiger partial charge in [-0.25, -0.2) is 4.39 Å². The van der Waals surface area contributed by atoms with Crippen molar-refractivity contribution in [3.8, 4) is 0 Å². The second kappa shape index (κ2) is 8.33. The van der Waals surface area contributed by atoms with Crippen LogP contribution in [0.2, 0.25) is 0 Å². The fourth-order valence-corrected chi connectivity index (χ4v) is 3.52. The van der Waals surface area contributed by atoms with Crippen LogP contribution in [0, 0.1) is 5.82 Å². The summed E-state index contributed by atoms with van der Waals surface area (Å²) in [4.78, 5) is 0. The van der Waals surface area contributed by atoms with Gasteiger partial charge in [0.05, 0.1) is 6.26 Å². The maximum atomic E-state index is 14.2. The number of hydrogen-bond donors (Lipinski definition) is 0. The van der Waals surface area contributed by atoms with Crippen molar-refractivity contribution in [2.75, 3.05) is 0 Å². The van der Waals surface area contributed by atoms with Crippen molar-refractivity contribution < 1.29 is 8.81 Å². The summed E-state index contributed by atoms with van der Waals surface area (Å²) in [6, 6.07) is 11.6. The summed E-state index contributed by atoms with van der Waals surface area (Å²) in [6.45, 7) is 4.36. The molecule has 0 saturated heterocycles. The van der Waals surface area contributed by atoms with Gasteiger partial charge in [-0.05, 0) is 60.6 Å². The van der Waals surface area contributed by atoms with Gasteiger partial charge in [-0.1, -0.05) is 44.9 Å². The van der Waals surface area contributed by atoms with Crippen LogP contribution in [-0.4, -0.2) is 0 Å². The van der Waals surface area contributed by atoms with E-state index in [9.17, 15) is 4.39 Å². The molecule has 0 N–H and O–H groups in total. The summed E-state index contributed by atoms with van der Waals surface area (Å²) in [5.41, 5.74) is 5.74. The lowest BCUT2D eigenvalue weighted by Crippen LogP contribution is -2.04.